The summed E-state index contributed by atoms with van der Waals surface area (Å²) in [6.07, 6.45) is 5.31. The van der Waals surface area contributed by atoms with E-state index >= 15 is 0 Å². The van der Waals surface area contributed by atoms with Crippen LogP contribution in [0.5, 0.6) is 0 Å². The summed E-state index contributed by atoms with van der Waals surface area (Å²) in [6.45, 7) is 0.0181. The largest absolute Gasteiger partial charge is 0.396 e. The molecule has 2 N–H and O–H groups in total. The Labute approximate surface area is 130 Å². The Morgan fingerprint density at radius 3 is 2.82 bits per heavy atom. The van der Waals surface area contributed by atoms with Crippen molar-refractivity contribution in [2.75, 3.05) is 6.61 Å². The van der Waals surface area contributed by atoms with Gasteiger partial charge in [-0.3, -0.25) is 4.98 Å². The van der Waals surface area contributed by atoms with Gasteiger partial charge in [0.2, 0.25) is 10.0 Å². The van der Waals surface area contributed by atoms with E-state index in [1.165, 1.54) is 0 Å². The van der Waals surface area contributed by atoms with Crippen molar-refractivity contribution in [1.29, 1.82) is 0 Å². The molecule has 22 heavy (non-hydrogen) atoms. The summed E-state index contributed by atoms with van der Waals surface area (Å²) in [5.74, 6) is -0.00312. The van der Waals surface area contributed by atoms with Gasteiger partial charge in [-0.05, 0) is 43.0 Å². The molecule has 0 saturated heterocycles. The van der Waals surface area contributed by atoms with Gasteiger partial charge in [0.25, 0.3) is 0 Å². The van der Waals surface area contributed by atoms with Crippen LogP contribution >= 0.6 is 0 Å². The molecule has 1 heterocycles. The Kier molecular flexibility index (Phi) is 4.42. The lowest BCUT2D eigenvalue weighted by molar-refractivity contribution is 0.164. The van der Waals surface area contributed by atoms with E-state index in [-0.39, 0.29) is 23.5 Å². The van der Waals surface area contributed by atoms with Crippen molar-refractivity contribution in [3.05, 3.63) is 36.5 Å². The number of pyridine rings is 1. The quantitative estimate of drug-likeness (QED) is 0.904. The fraction of sp³-hybridized carbons (Fsp3) is 0.438. The maximum atomic E-state index is 12.8. The fourth-order valence-electron chi connectivity index (χ4n) is 3.15. The van der Waals surface area contributed by atoms with Crippen LogP contribution in [0.2, 0.25) is 0 Å². The zero-order valence-corrected chi connectivity index (χ0v) is 13.1. The van der Waals surface area contributed by atoms with Gasteiger partial charge in [0.1, 0.15) is 0 Å². The first-order valence-corrected chi connectivity index (χ1v) is 9.07. The molecule has 1 aromatic carbocycles. The molecule has 1 aliphatic rings. The maximum absolute atomic E-state index is 12.8. The average molecular weight is 320 g/mol. The van der Waals surface area contributed by atoms with Gasteiger partial charge in [-0.15, -0.1) is 0 Å². The molecule has 1 fully saturated rings. The lowest BCUT2D eigenvalue weighted by atomic mass is 9.86. The molecule has 2 atom stereocenters. The molecule has 1 saturated carbocycles. The van der Waals surface area contributed by atoms with Crippen LogP contribution in [0.25, 0.3) is 10.9 Å². The summed E-state index contributed by atoms with van der Waals surface area (Å²) in [5, 5.41) is 10.1. The second-order valence-corrected chi connectivity index (χ2v) is 7.46. The number of rotatable bonds is 4. The van der Waals surface area contributed by atoms with E-state index in [9.17, 15) is 13.5 Å². The predicted molar refractivity (Wildman–Crippen MR) is 84.9 cm³/mol. The number of sulfonamides is 1. The number of aliphatic hydroxyl groups excluding tert-OH is 1. The first-order valence-electron chi connectivity index (χ1n) is 7.59. The average Bonchev–Trinajstić information content (AvgIpc) is 2.54. The van der Waals surface area contributed by atoms with E-state index in [1.807, 2.05) is 0 Å². The first-order chi connectivity index (χ1) is 10.6. The van der Waals surface area contributed by atoms with Crippen LogP contribution in [0, 0.1) is 5.92 Å². The van der Waals surface area contributed by atoms with Crippen LogP contribution in [0.3, 0.4) is 0 Å². The monoisotopic (exact) mass is 320 g/mol. The molecule has 1 aliphatic carbocycles. The first kappa shape index (κ1) is 15.4. The van der Waals surface area contributed by atoms with Gasteiger partial charge >= 0.3 is 0 Å². The highest BCUT2D eigenvalue weighted by Gasteiger charge is 2.29. The van der Waals surface area contributed by atoms with Gasteiger partial charge < -0.3 is 5.11 Å². The van der Waals surface area contributed by atoms with Gasteiger partial charge in [0.15, 0.2) is 0 Å². The highest BCUT2D eigenvalue weighted by molar-refractivity contribution is 7.89. The number of aromatic nitrogens is 1. The number of benzene rings is 1. The summed E-state index contributed by atoms with van der Waals surface area (Å²) < 4.78 is 28.3. The molecule has 6 heteroatoms. The van der Waals surface area contributed by atoms with Crippen molar-refractivity contribution >= 4 is 20.9 Å². The van der Waals surface area contributed by atoms with Crippen LogP contribution < -0.4 is 4.72 Å². The second kappa shape index (κ2) is 6.32. The fourth-order valence-corrected chi connectivity index (χ4v) is 4.71. The van der Waals surface area contributed by atoms with E-state index in [0.29, 0.717) is 10.9 Å². The van der Waals surface area contributed by atoms with Crippen molar-refractivity contribution in [2.45, 2.75) is 36.6 Å². The van der Waals surface area contributed by atoms with Crippen molar-refractivity contribution in [1.82, 2.24) is 9.71 Å². The van der Waals surface area contributed by atoms with Crippen molar-refractivity contribution in [3.63, 3.8) is 0 Å². The molecule has 0 bridgehead atoms. The Morgan fingerprint density at radius 1 is 1.18 bits per heavy atom. The number of hydrogen-bond acceptors (Lipinski definition) is 4. The van der Waals surface area contributed by atoms with E-state index in [0.717, 1.165) is 25.7 Å². The van der Waals surface area contributed by atoms with Crippen molar-refractivity contribution in [2.24, 2.45) is 5.92 Å². The molecular formula is C16H20N2O3S. The summed E-state index contributed by atoms with van der Waals surface area (Å²) >= 11 is 0. The van der Waals surface area contributed by atoms with Crippen molar-refractivity contribution in [3.8, 4) is 0 Å². The molecule has 0 aliphatic heterocycles. The minimum absolute atomic E-state index is 0.00312. The van der Waals surface area contributed by atoms with Gasteiger partial charge in [-0.25, -0.2) is 13.1 Å². The number of hydrogen-bond donors (Lipinski definition) is 2. The lowest BCUT2D eigenvalue weighted by Gasteiger charge is -2.30. The van der Waals surface area contributed by atoms with E-state index < -0.39 is 10.0 Å². The summed E-state index contributed by atoms with van der Waals surface area (Å²) in [4.78, 5) is 4.45. The summed E-state index contributed by atoms with van der Waals surface area (Å²) in [7, 11) is -3.63. The molecule has 2 unspecified atom stereocenters. The third kappa shape index (κ3) is 2.99. The molecule has 0 radical (unpaired) electrons. The maximum Gasteiger partial charge on any atom is 0.241 e. The topological polar surface area (TPSA) is 79.3 Å². The molecule has 0 spiro atoms. The van der Waals surface area contributed by atoms with Gasteiger partial charge in [-0.2, -0.15) is 0 Å². The molecule has 1 aromatic heterocycles. The molecular weight excluding hydrogens is 300 g/mol. The van der Waals surface area contributed by atoms with E-state index in [4.69, 9.17) is 0 Å². The van der Waals surface area contributed by atoms with Crippen molar-refractivity contribution < 1.29 is 13.5 Å². The Balaban J connectivity index is 1.95. The normalized spacial score (nSPS) is 22.8. The summed E-state index contributed by atoms with van der Waals surface area (Å²) in [5.41, 5.74) is 0.660. The third-order valence-corrected chi connectivity index (χ3v) is 5.89. The smallest absolute Gasteiger partial charge is 0.241 e. The molecule has 2 aromatic rings. The number of aliphatic hydroxyl groups is 1. The molecule has 5 nitrogen and oxygen atoms in total. The highest BCUT2D eigenvalue weighted by Crippen LogP contribution is 2.27. The summed E-state index contributed by atoms with van der Waals surface area (Å²) in [6, 6.07) is 8.40. The second-order valence-electron chi connectivity index (χ2n) is 5.78. The van der Waals surface area contributed by atoms with Crippen LogP contribution in [-0.4, -0.2) is 31.2 Å². The van der Waals surface area contributed by atoms with Crippen LogP contribution in [0.4, 0.5) is 0 Å². The Hall–Kier alpha value is -1.50. The number of nitrogens with one attached hydrogen (secondary N) is 1. The molecule has 118 valence electrons. The third-order valence-electron chi connectivity index (χ3n) is 4.35. The van der Waals surface area contributed by atoms with Gasteiger partial charge in [0.05, 0.1) is 10.4 Å². The minimum atomic E-state index is -3.63. The van der Waals surface area contributed by atoms with Crippen LogP contribution in [0.1, 0.15) is 25.7 Å². The molecule has 3 rings (SSSR count). The highest BCUT2D eigenvalue weighted by atomic mass is 32.2. The lowest BCUT2D eigenvalue weighted by Crippen LogP contribution is -2.43. The number of nitrogens with zero attached hydrogens (tertiary/aromatic N) is 1. The SMILES string of the molecule is O=S(=O)(NC1CCCCC1CO)c1cccc2ncccc12. The van der Waals surface area contributed by atoms with Crippen LogP contribution in [0.15, 0.2) is 41.4 Å². The van der Waals surface area contributed by atoms with Gasteiger partial charge in [-0.1, -0.05) is 18.9 Å². The standard InChI is InChI=1S/C16H20N2O3S/c19-11-12-5-1-2-7-14(12)18-22(20,21)16-9-3-8-15-13(16)6-4-10-17-15/h3-4,6,8-10,12,14,18-19H,1-2,5,7,11H2. The van der Waals surface area contributed by atoms with E-state index in [2.05, 4.69) is 9.71 Å². The predicted octanol–water partition coefficient (Wildman–Crippen LogP) is 2.06. The molecule has 0 amide bonds. The Bertz CT molecular complexity index is 756. The minimum Gasteiger partial charge on any atom is -0.396 e. The van der Waals surface area contributed by atoms with E-state index in [1.54, 1.807) is 36.5 Å². The zero-order valence-electron chi connectivity index (χ0n) is 12.3. The Morgan fingerprint density at radius 2 is 2.00 bits per heavy atom. The number of fused-ring (bicyclic) bond motifs is 1. The zero-order chi connectivity index (χ0) is 15.6. The van der Waals surface area contributed by atoms with Gasteiger partial charge in [0, 0.05) is 24.2 Å². The van der Waals surface area contributed by atoms with Crippen LogP contribution in [-0.2, 0) is 10.0 Å².